The van der Waals surface area contributed by atoms with Crippen LogP contribution < -0.4 is 10.6 Å². The van der Waals surface area contributed by atoms with Crippen LogP contribution in [0.5, 0.6) is 0 Å². The van der Waals surface area contributed by atoms with E-state index in [0.717, 1.165) is 6.42 Å². The highest BCUT2D eigenvalue weighted by molar-refractivity contribution is 6.05. The first-order chi connectivity index (χ1) is 11.5. The van der Waals surface area contributed by atoms with E-state index in [1.807, 2.05) is 24.3 Å². The highest BCUT2D eigenvalue weighted by Gasteiger charge is 2.17. The third-order valence-electron chi connectivity index (χ3n) is 4.08. The number of benzene rings is 2. The predicted molar refractivity (Wildman–Crippen MR) is 95.7 cm³/mol. The number of amides is 1. The van der Waals surface area contributed by atoms with Crippen LogP contribution in [0.1, 0.15) is 42.1 Å². The molecule has 1 unspecified atom stereocenters. The third kappa shape index (κ3) is 3.90. The molecule has 2 aromatic carbocycles. The van der Waals surface area contributed by atoms with Gasteiger partial charge in [-0.2, -0.15) is 0 Å². The first-order valence-electron chi connectivity index (χ1n) is 7.83. The van der Waals surface area contributed by atoms with Crippen LogP contribution in [0.3, 0.4) is 0 Å². The van der Waals surface area contributed by atoms with Crippen LogP contribution in [0.15, 0.2) is 42.5 Å². The molecule has 0 aliphatic carbocycles. The lowest BCUT2D eigenvalue weighted by Gasteiger charge is -2.11. The molecule has 126 valence electrons. The van der Waals surface area contributed by atoms with Crippen molar-refractivity contribution in [3.05, 3.63) is 63.7 Å². The Morgan fingerprint density at radius 1 is 1.21 bits per heavy atom. The fraction of sp³-hybridized carbons (Fsp3) is 0.278. The van der Waals surface area contributed by atoms with E-state index in [-0.39, 0.29) is 17.2 Å². The number of hydrogen-bond donors (Lipinski definition) is 2. The number of nitrogens with one attached hydrogen (secondary N) is 2. The second-order valence-corrected chi connectivity index (χ2v) is 5.62. The Morgan fingerprint density at radius 3 is 2.42 bits per heavy atom. The zero-order valence-electron chi connectivity index (χ0n) is 14.0. The fourth-order valence-electron chi connectivity index (χ4n) is 2.37. The van der Waals surface area contributed by atoms with Gasteiger partial charge in [-0.05, 0) is 42.2 Å². The summed E-state index contributed by atoms with van der Waals surface area (Å²) in [7, 11) is 1.60. The Bertz CT molecular complexity index is 742. The summed E-state index contributed by atoms with van der Waals surface area (Å²) in [6.45, 7) is 4.28. The van der Waals surface area contributed by atoms with E-state index in [1.165, 1.54) is 17.7 Å². The number of nitro groups is 1. The molecule has 2 rings (SSSR count). The van der Waals surface area contributed by atoms with Crippen LogP contribution in [0.2, 0.25) is 0 Å². The summed E-state index contributed by atoms with van der Waals surface area (Å²) in [5, 5.41) is 16.6. The molecule has 0 fully saturated rings. The van der Waals surface area contributed by atoms with Gasteiger partial charge < -0.3 is 10.6 Å². The largest absolute Gasteiger partial charge is 0.383 e. The van der Waals surface area contributed by atoms with Crippen molar-refractivity contribution in [3.8, 4) is 0 Å². The van der Waals surface area contributed by atoms with Crippen molar-refractivity contribution >= 4 is 23.0 Å². The molecule has 6 nitrogen and oxygen atoms in total. The molecule has 2 N–H and O–H groups in total. The lowest BCUT2D eigenvalue weighted by atomic mass is 9.98. The number of nitrogens with zero attached hydrogens (tertiary/aromatic N) is 1. The SMILES string of the molecule is CCC(C)c1ccc(NC(=O)c2ccc(NC)c([N+](=O)[O-])c2)cc1. The van der Waals surface area contributed by atoms with Gasteiger partial charge in [0.25, 0.3) is 11.6 Å². The minimum absolute atomic E-state index is 0.128. The number of anilines is 2. The lowest BCUT2D eigenvalue weighted by Crippen LogP contribution is -2.12. The smallest absolute Gasteiger partial charge is 0.293 e. The lowest BCUT2D eigenvalue weighted by molar-refractivity contribution is -0.384. The average molecular weight is 327 g/mol. The zero-order valence-corrected chi connectivity index (χ0v) is 14.0. The average Bonchev–Trinajstić information content (AvgIpc) is 2.60. The fourth-order valence-corrected chi connectivity index (χ4v) is 2.37. The van der Waals surface area contributed by atoms with Crippen LogP contribution >= 0.6 is 0 Å². The van der Waals surface area contributed by atoms with Gasteiger partial charge in [-0.3, -0.25) is 14.9 Å². The quantitative estimate of drug-likeness (QED) is 0.608. The molecular formula is C18H21N3O3. The molecule has 1 atom stereocenters. The maximum atomic E-state index is 12.3. The first-order valence-corrected chi connectivity index (χ1v) is 7.83. The first kappa shape index (κ1) is 17.5. The van der Waals surface area contributed by atoms with E-state index < -0.39 is 4.92 Å². The normalized spacial score (nSPS) is 11.6. The van der Waals surface area contributed by atoms with E-state index in [1.54, 1.807) is 13.1 Å². The molecular weight excluding hydrogens is 306 g/mol. The Hall–Kier alpha value is -2.89. The van der Waals surface area contributed by atoms with Crippen LogP contribution in [0.25, 0.3) is 0 Å². The number of carbonyl (C=O) groups is 1. The van der Waals surface area contributed by atoms with Gasteiger partial charge in [-0.1, -0.05) is 26.0 Å². The molecule has 2 aromatic rings. The van der Waals surface area contributed by atoms with Crippen molar-refractivity contribution in [2.45, 2.75) is 26.2 Å². The van der Waals surface area contributed by atoms with Crippen molar-refractivity contribution in [2.75, 3.05) is 17.7 Å². The van der Waals surface area contributed by atoms with Crippen LogP contribution in [-0.4, -0.2) is 17.9 Å². The third-order valence-corrected chi connectivity index (χ3v) is 4.08. The second kappa shape index (κ2) is 7.59. The molecule has 6 heteroatoms. The molecule has 0 aliphatic rings. The van der Waals surface area contributed by atoms with Crippen molar-refractivity contribution in [3.63, 3.8) is 0 Å². The van der Waals surface area contributed by atoms with E-state index in [0.29, 0.717) is 17.3 Å². The number of rotatable bonds is 6. The summed E-state index contributed by atoms with van der Waals surface area (Å²) < 4.78 is 0. The molecule has 0 radical (unpaired) electrons. The Morgan fingerprint density at radius 2 is 1.88 bits per heavy atom. The molecule has 0 heterocycles. The van der Waals surface area contributed by atoms with Gasteiger partial charge in [0.1, 0.15) is 5.69 Å². The minimum Gasteiger partial charge on any atom is -0.383 e. The van der Waals surface area contributed by atoms with Crippen molar-refractivity contribution < 1.29 is 9.72 Å². The maximum absolute atomic E-state index is 12.3. The van der Waals surface area contributed by atoms with Crippen molar-refractivity contribution in [2.24, 2.45) is 0 Å². The summed E-state index contributed by atoms with van der Waals surface area (Å²) in [6.07, 6.45) is 1.05. The highest BCUT2D eigenvalue weighted by atomic mass is 16.6. The van der Waals surface area contributed by atoms with Crippen molar-refractivity contribution in [1.82, 2.24) is 0 Å². The molecule has 24 heavy (non-hydrogen) atoms. The molecule has 0 aromatic heterocycles. The molecule has 0 spiro atoms. The van der Waals surface area contributed by atoms with Gasteiger partial charge >= 0.3 is 0 Å². The molecule has 0 saturated heterocycles. The summed E-state index contributed by atoms with van der Waals surface area (Å²) in [6, 6.07) is 12.0. The van der Waals surface area contributed by atoms with Gasteiger partial charge in [0.05, 0.1) is 4.92 Å². The summed E-state index contributed by atoms with van der Waals surface area (Å²) in [4.78, 5) is 22.9. The van der Waals surface area contributed by atoms with Gasteiger partial charge in [-0.15, -0.1) is 0 Å². The number of carbonyl (C=O) groups excluding carboxylic acids is 1. The van der Waals surface area contributed by atoms with Gasteiger partial charge in [0.2, 0.25) is 0 Å². The van der Waals surface area contributed by atoms with Crippen LogP contribution in [0, 0.1) is 10.1 Å². The molecule has 0 aliphatic heterocycles. The van der Waals surface area contributed by atoms with Gasteiger partial charge in [0.15, 0.2) is 0 Å². The Balaban J connectivity index is 2.18. The Labute approximate surface area is 141 Å². The van der Waals surface area contributed by atoms with Gasteiger partial charge in [0, 0.05) is 24.4 Å². The number of hydrogen-bond acceptors (Lipinski definition) is 4. The topological polar surface area (TPSA) is 84.3 Å². The Kier molecular flexibility index (Phi) is 5.52. The monoisotopic (exact) mass is 327 g/mol. The van der Waals surface area contributed by atoms with E-state index in [2.05, 4.69) is 24.5 Å². The molecule has 0 bridgehead atoms. The predicted octanol–water partition coefficient (Wildman–Crippen LogP) is 4.40. The van der Waals surface area contributed by atoms with E-state index in [4.69, 9.17) is 0 Å². The highest BCUT2D eigenvalue weighted by Crippen LogP contribution is 2.26. The molecule has 1 amide bonds. The summed E-state index contributed by atoms with van der Waals surface area (Å²) >= 11 is 0. The minimum atomic E-state index is -0.510. The van der Waals surface area contributed by atoms with Crippen LogP contribution in [-0.2, 0) is 0 Å². The second-order valence-electron chi connectivity index (χ2n) is 5.62. The standard InChI is InChI=1S/C18H21N3O3/c1-4-12(2)13-5-8-15(9-6-13)20-18(22)14-7-10-16(19-3)17(11-14)21(23)24/h5-12,19H,4H2,1-3H3,(H,20,22). The maximum Gasteiger partial charge on any atom is 0.293 e. The van der Waals surface area contributed by atoms with E-state index >= 15 is 0 Å². The summed E-state index contributed by atoms with van der Waals surface area (Å²) in [5.41, 5.74) is 2.36. The van der Waals surface area contributed by atoms with Crippen molar-refractivity contribution in [1.29, 1.82) is 0 Å². The number of nitro benzene ring substituents is 1. The molecule has 0 saturated carbocycles. The zero-order chi connectivity index (χ0) is 17.7. The van der Waals surface area contributed by atoms with Gasteiger partial charge in [-0.25, -0.2) is 0 Å². The van der Waals surface area contributed by atoms with Crippen LogP contribution in [0.4, 0.5) is 17.1 Å². The van der Waals surface area contributed by atoms with E-state index in [9.17, 15) is 14.9 Å². The summed E-state index contributed by atoms with van der Waals surface area (Å²) in [5.74, 6) is 0.0866.